The van der Waals surface area contributed by atoms with Crippen LogP contribution in [0.5, 0.6) is 17.2 Å². The van der Waals surface area contributed by atoms with Crippen molar-refractivity contribution in [2.24, 2.45) is 5.92 Å². The summed E-state index contributed by atoms with van der Waals surface area (Å²) >= 11 is 0. The maximum absolute atomic E-state index is 13.1. The first kappa shape index (κ1) is 24.4. The lowest BCUT2D eigenvalue weighted by Gasteiger charge is -2.32. The van der Waals surface area contributed by atoms with Crippen molar-refractivity contribution in [3.05, 3.63) is 53.6 Å². The van der Waals surface area contributed by atoms with Crippen molar-refractivity contribution in [2.75, 3.05) is 41.0 Å². The van der Waals surface area contributed by atoms with Gasteiger partial charge in [0, 0.05) is 31.6 Å². The maximum atomic E-state index is 13.1. The van der Waals surface area contributed by atoms with Crippen LogP contribution in [0.3, 0.4) is 0 Å². The number of hydrogen-bond acceptors (Lipinski definition) is 5. The molecule has 2 aromatic rings. The van der Waals surface area contributed by atoms with E-state index < -0.39 is 0 Å². The van der Waals surface area contributed by atoms with Crippen molar-refractivity contribution in [1.82, 2.24) is 10.2 Å². The molecule has 1 fully saturated rings. The van der Waals surface area contributed by atoms with Crippen LogP contribution in [-0.2, 0) is 4.79 Å². The summed E-state index contributed by atoms with van der Waals surface area (Å²) in [7, 11) is 4.59. The Morgan fingerprint density at radius 2 is 1.61 bits per heavy atom. The van der Waals surface area contributed by atoms with E-state index in [4.69, 9.17) is 14.2 Å². The average molecular weight is 455 g/mol. The molecular formula is C26H34N2O5. The van der Waals surface area contributed by atoms with Crippen LogP contribution in [0.15, 0.2) is 42.5 Å². The molecule has 33 heavy (non-hydrogen) atoms. The summed E-state index contributed by atoms with van der Waals surface area (Å²) in [4.78, 5) is 27.4. The highest BCUT2D eigenvalue weighted by atomic mass is 16.5. The molecule has 1 atom stereocenters. The molecule has 3 rings (SSSR count). The summed E-state index contributed by atoms with van der Waals surface area (Å²) < 4.78 is 16.1. The van der Waals surface area contributed by atoms with Crippen molar-refractivity contribution in [3.63, 3.8) is 0 Å². The monoisotopic (exact) mass is 454 g/mol. The Balaban J connectivity index is 1.50. The smallest absolute Gasteiger partial charge is 0.254 e. The first-order chi connectivity index (χ1) is 16.0. The number of carbonyl (C=O) groups is 2. The molecule has 2 aromatic carbocycles. The maximum Gasteiger partial charge on any atom is 0.254 e. The number of ether oxygens (including phenoxy) is 3. The summed E-state index contributed by atoms with van der Waals surface area (Å²) in [6.07, 6.45) is 2.10. The van der Waals surface area contributed by atoms with Crippen LogP contribution in [-0.4, -0.2) is 57.7 Å². The Morgan fingerprint density at radius 1 is 1.00 bits per heavy atom. The number of rotatable bonds is 9. The van der Waals surface area contributed by atoms with Gasteiger partial charge in [-0.15, -0.1) is 0 Å². The van der Waals surface area contributed by atoms with Gasteiger partial charge in [-0.2, -0.15) is 0 Å². The summed E-state index contributed by atoms with van der Waals surface area (Å²) in [6, 6.07) is 13.5. The third-order valence-electron chi connectivity index (χ3n) is 6.26. The Bertz CT molecular complexity index is 914. The van der Waals surface area contributed by atoms with E-state index >= 15 is 0 Å². The molecular weight excluding hydrogens is 420 g/mol. The standard InChI is InChI=1S/C26H34N2O5/c1-18(20-8-6-5-7-9-20)17-27-24(29)14-19-10-12-28(13-11-19)26(30)21-15-22(31-2)25(33-4)23(16-21)32-3/h5-9,15-16,18-19H,10-14,17H2,1-4H3,(H,27,29)/t18-/m1/s1. The fourth-order valence-corrected chi connectivity index (χ4v) is 4.23. The third-order valence-corrected chi connectivity index (χ3v) is 6.26. The van der Waals surface area contributed by atoms with Gasteiger partial charge in [-0.05, 0) is 42.4 Å². The van der Waals surface area contributed by atoms with E-state index in [0.29, 0.717) is 48.9 Å². The highest BCUT2D eigenvalue weighted by Crippen LogP contribution is 2.38. The van der Waals surface area contributed by atoms with Crippen molar-refractivity contribution < 1.29 is 23.8 Å². The third kappa shape index (κ3) is 6.18. The SMILES string of the molecule is COc1cc(C(=O)N2CCC(CC(=O)NC[C@@H](C)c3ccccc3)CC2)cc(OC)c1OC. The van der Waals surface area contributed by atoms with Gasteiger partial charge in [0.1, 0.15) is 0 Å². The van der Waals surface area contributed by atoms with E-state index in [2.05, 4.69) is 24.4 Å². The molecule has 1 aliphatic rings. The molecule has 0 bridgehead atoms. The Hall–Kier alpha value is -3.22. The minimum Gasteiger partial charge on any atom is -0.493 e. The molecule has 0 saturated carbocycles. The number of nitrogens with one attached hydrogen (secondary N) is 1. The van der Waals surface area contributed by atoms with E-state index in [0.717, 1.165) is 12.8 Å². The van der Waals surface area contributed by atoms with Gasteiger partial charge in [-0.3, -0.25) is 9.59 Å². The molecule has 7 heteroatoms. The normalized spacial score (nSPS) is 15.0. The molecule has 1 heterocycles. The molecule has 0 aromatic heterocycles. The molecule has 0 radical (unpaired) electrons. The molecule has 1 saturated heterocycles. The molecule has 1 N–H and O–H groups in total. The Labute approximate surface area is 196 Å². The topological polar surface area (TPSA) is 77.1 Å². The van der Waals surface area contributed by atoms with Gasteiger partial charge in [-0.1, -0.05) is 37.3 Å². The van der Waals surface area contributed by atoms with Gasteiger partial charge >= 0.3 is 0 Å². The fraction of sp³-hybridized carbons (Fsp3) is 0.462. The number of methoxy groups -OCH3 is 3. The predicted molar refractivity (Wildman–Crippen MR) is 127 cm³/mol. The minimum atomic E-state index is -0.0751. The van der Waals surface area contributed by atoms with E-state index in [1.165, 1.54) is 26.9 Å². The second-order valence-corrected chi connectivity index (χ2v) is 8.47. The number of hydrogen-bond donors (Lipinski definition) is 1. The lowest BCUT2D eigenvalue weighted by molar-refractivity contribution is -0.122. The average Bonchev–Trinajstić information content (AvgIpc) is 2.86. The van der Waals surface area contributed by atoms with Gasteiger partial charge in [0.15, 0.2) is 11.5 Å². The first-order valence-electron chi connectivity index (χ1n) is 11.4. The van der Waals surface area contributed by atoms with Gasteiger partial charge in [0.25, 0.3) is 5.91 Å². The summed E-state index contributed by atoms with van der Waals surface area (Å²) in [5.41, 5.74) is 1.71. The number of benzene rings is 2. The van der Waals surface area contributed by atoms with Crippen molar-refractivity contribution in [2.45, 2.75) is 32.1 Å². The van der Waals surface area contributed by atoms with Crippen LogP contribution in [0.2, 0.25) is 0 Å². The highest BCUT2D eigenvalue weighted by Gasteiger charge is 2.27. The van der Waals surface area contributed by atoms with Crippen LogP contribution < -0.4 is 19.5 Å². The molecule has 0 spiro atoms. The summed E-state index contributed by atoms with van der Waals surface area (Å²) in [5.74, 6) is 1.92. The zero-order chi connectivity index (χ0) is 23.8. The second kappa shape index (κ2) is 11.6. The van der Waals surface area contributed by atoms with Gasteiger partial charge in [0.2, 0.25) is 11.7 Å². The van der Waals surface area contributed by atoms with Gasteiger partial charge in [0.05, 0.1) is 21.3 Å². The van der Waals surface area contributed by atoms with Crippen LogP contribution in [0.4, 0.5) is 0 Å². The molecule has 0 unspecified atom stereocenters. The van der Waals surface area contributed by atoms with Crippen LogP contribution in [0, 0.1) is 5.92 Å². The summed E-state index contributed by atoms with van der Waals surface area (Å²) in [5, 5.41) is 3.07. The predicted octanol–water partition coefficient (Wildman–Crippen LogP) is 3.87. The zero-order valence-corrected chi connectivity index (χ0v) is 19.9. The van der Waals surface area contributed by atoms with Gasteiger partial charge < -0.3 is 24.4 Å². The number of nitrogens with zero attached hydrogens (tertiary/aromatic N) is 1. The zero-order valence-electron chi connectivity index (χ0n) is 19.9. The van der Waals surface area contributed by atoms with Crippen LogP contribution >= 0.6 is 0 Å². The number of amides is 2. The largest absolute Gasteiger partial charge is 0.493 e. The second-order valence-electron chi connectivity index (χ2n) is 8.47. The van der Waals surface area contributed by atoms with Crippen LogP contribution in [0.25, 0.3) is 0 Å². The molecule has 178 valence electrons. The van der Waals surface area contributed by atoms with Gasteiger partial charge in [-0.25, -0.2) is 0 Å². The molecule has 7 nitrogen and oxygen atoms in total. The first-order valence-corrected chi connectivity index (χ1v) is 11.4. The lowest BCUT2D eigenvalue weighted by Crippen LogP contribution is -2.40. The quantitative estimate of drug-likeness (QED) is 0.622. The van der Waals surface area contributed by atoms with Crippen molar-refractivity contribution >= 4 is 11.8 Å². The Morgan fingerprint density at radius 3 is 2.15 bits per heavy atom. The van der Waals surface area contributed by atoms with Crippen LogP contribution in [0.1, 0.15) is 48.0 Å². The molecule has 0 aliphatic carbocycles. The number of piperidine rings is 1. The fourth-order valence-electron chi connectivity index (χ4n) is 4.23. The van der Waals surface area contributed by atoms with Crippen molar-refractivity contribution in [3.8, 4) is 17.2 Å². The summed E-state index contributed by atoms with van der Waals surface area (Å²) in [6.45, 7) is 3.98. The highest BCUT2D eigenvalue weighted by molar-refractivity contribution is 5.95. The van der Waals surface area contributed by atoms with E-state index in [-0.39, 0.29) is 23.7 Å². The molecule has 2 amide bonds. The molecule has 1 aliphatic heterocycles. The Kier molecular flexibility index (Phi) is 8.58. The lowest BCUT2D eigenvalue weighted by atomic mass is 9.92. The van der Waals surface area contributed by atoms with E-state index in [1.807, 2.05) is 23.1 Å². The van der Waals surface area contributed by atoms with Crippen molar-refractivity contribution in [1.29, 1.82) is 0 Å². The number of carbonyl (C=O) groups excluding carboxylic acids is 2. The number of likely N-dealkylation sites (tertiary alicyclic amines) is 1. The van der Waals surface area contributed by atoms with E-state index in [1.54, 1.807) is 12.1 Å². The van der Waals surface area contributed by atoms with E-state index in [9.17, 15) is 9.59 Å². The minimum absolute atomic E-state index is 0.0751.